The summed E-state index contributed by atoms with van der Waals surface area (Å²) in [7, 11) is 0. The molecule has 232 valence electrons. The van der Waals surface area contributed by atoms with Crippen molar-refractivity contribution in [3.8, 4) is 0 Å². The van der Waals surface area contributed by atoms with Crippen molar-refractivity contribution in [1.29, 1.82) is 5.41 Å². The molecule has 1 aliphatic heterocycles. The molecule has 0 unspecified atom stereocenters. The first kappa shape index (κ1) is 34.0. The van der Waals surface area contributed by atoms with Crippen LogP contribution < -0.4 is 37.6 Å². The Labute approximate surface area is 247 Å². The molecule has 0 aliphatic carbocycles. The van der Waals surface area contributed by atoms with Crippen molar-refractivity contribution < 1.29 is 24.0 Å². The van der Waals surface area contributed by atoms with Crippen molar-refractivity contribution in [2.45, 2.75) is 84.0 Å². The van der Waals surface area contributed by atoms with Crippen LogP contribution in [0, 0.1) is 17.2 Å². The van der Waals surface area contributed by atoms with Gasteiger partial charge in [-0.1, -0.05) is 64.4 Å². The number of carbonyl (C=O) groups excluding carboxylic acids is 5. The maximum Gasteiger partial charge on any atom is 0.247 e. The summed E-state index contributed by atoms with van der Waals surface area (Å²) in [5.41, 5.74) is 4.45. The fraction of sp³-hybridized carbons (Fsp3) is 0.586. The third-order valence-electron chi connectivity index (χ3n) is 7.43. The summed E-state index contributed by atoms with van der Waals surface area (Å²) in [6, 6.07) is 5.64. The number of hydrogen-bond donors (Lipinski definition) is 8. The van der Waals surface area contributed by atoms with Gasteiger partial charge in [-0.25, -0.2) is 0 Å². The molecule has 1 aromatic rings. The van der Waals surface area contributed by atoms with Crippen LogP contribution in [0.15, 0.2) is 30.3 Å². The van der Waals surface area contributed by atoms with Crippen molar-refractivity contribution in [3.63, 3.8) is 0 Å². The number of nitrogens with one attached hydrogen (secondary N) is 7. The topological polar surface area (TPSA) is 207 Å². The smallest absolute Gasteiger partial charge is 0.247 e. The molecular weight excluding hydrogens is 540 g/mol. The van der Waals surface area contributed by atoms with Crippen LogP contribution in [0.3, 0.4) is 0 Å². The third-order valence-corrected chi connectivity index (χ3v) is 7.43. The Morgan fingerprint density at radius 1 is 1.05 bits per heavy atom. The summed E-state index contributed by atoms with van der Waals surface area (Å²) in [5, 5.41) is 24.0. The zero-order valence-electron chi connectivity index (χ0n) is 25.1. The second-order valence-electron chi connectivity index (χ2n) is 11.2. The van der Waals surface area contributed by atoms with Gasteiger partial charge < -0.3 is 37.6 Å². The first-order valence-electron chi connectivity index (χ1n) is 14.4. The van der Waals surface area contributed by atoms with E-state index in [-0.39, 0.29) is 43.7 Å². The van der Waals surface area contributed by atoms with Gasteiger partial charge in [0.2, 0.25) is 29.5 Å². The third kappa shape index (κ3) is 9.74. The second kappa shape index (κ2) is 15.7. The molecule has 2 rings (SSSR count). The minimum atomic E-state index is -1.46. The van der Waals surface area contributed by atoms with Gasteiger partial charge in [-0.3, -0.25) is 29.4 Å². The molecule has 42 heavy (non-hydrogen) atoms. The van der Waals surface area contributed by atoms with Crippen LogP contribution in [0.1, 0.15) is 71.9 Å². The van der Waals surface area contributed by atoms with Crippen LogP contribution in [0.5, 0.6) is 0 Å². The zero-order chi connectivity index (χ0) is 31.4. The van der Waals surface area contributed by atoms with E-state index < -0.39 is 53.2 Å². The van der Waals surface area contributed by atoms with Crippen LogP contribution in [0.4, 0.5) is 0 Å². The number of carbonyl (C=O) groups is 5. The van der Waals surface area contributed by atoms with E-state index in [0.717, 1.165) is 0 Å². The normalized spacial score (nSPS) is 24.8. The molecule has 1 saturated heterocycles. The van der Waals surface area contributed by atoms with E-state index in [1.165, 1.54) is 0 Å². The van der Waals surface area contributed by atoms with Gasteiger partial charge in [0.15, 0.2) is 5.96 Å². The van der Waals surface area contributed by atoms with Gasteiger partial charge in [0.25, 0.3) is 0 Å². The first-order valence-corrected chi connectivity index (χ1v) is 14.4. The van der Waals surface area contributed by atoms with Gasteiger partial charge >= 0.3 is 0 Å². The molecule has 0 spiro atoms. The molecule has 5 atom stereocenters. The lowest BCUT2D eigenvalue weighted by atomic mass is 9.93. The maximum absolute atomic E-state index is 13.7. The standard InChI is InChI=1S/C29H46N8O5/c1-6-18(4)21-26(41)36-22(19-11-8-7-9-12-19)25(40)32-16-14-29(5,37-23(38)17(2)3)27(42)34-20(24(39)35-21)13-10-15-33-28(30)31/h7-9,11-12,17-18,20-22H,6,10,13-16H2,1-5H3,(H,32,40)(H,34,42)(H,35,39)(H,36,41)(H,37,38)(H4,30,31,33)/t18-,20+,21+,22-,29-/m1/s1. The Hall–Kier alpha value is -4.16. The van der Waals surface area contributed by atoms with E-state index >= 15 is 0 Å². The molecule has 0 aromatic heterocycles. The van der Waals surface area contributed by atoms with Gasteiger partial charge in [-0.2, -0.15) is 0 Å². The fourth-order valence-electron chi connectivity index (χ4n) is 4.44. The largest absolute Gasteiger partial charge is 0.370 e. The van der Waals surface area contributed by atoms with Crippen molar-refractivity contribution in [2.75, 3.05) is 13.1 Å². The van der Waals surface area contributed by atoms with Gasteiger partial charge in [0, 0.05) is 19.0 Å². The summed E-state index contributed by atoms with van der Waals surface area (Å²) in [6.45, 7) is 8.93. The predicted molar refractivity (Wildman–Crippen MR) is 159 cm³/mol. The maximum atomic E-state index is 13.7. The molecule has 0 radical (unpaired) electrons. The van der Waals surface area contributed by atoms with Gasteiger partial charge in [-0.15, -0.1) is 0 Å². The highest BCUT2D eigenvalue weighted by molar-refractivity contribution is 5.97. The lowest BCUT2D eigenvalue weighted by Crippen LogP contribution is -2.63. The van der Waals surface area contributed by atoms with Gasteiger partial charge in [-0.05, 0) is 37.7 Å². The summed E-state index contributed by atoms with van der Waals surface area (Å²) in [6.07, 6.45) is 1.12. The highest BCUT2D eigenvalue weighted by Gasteiger charge is 2.39. The van der Waals surface area contributed by atoms with E-state index in [0.29, 0.717) is 18.4 Å². The number of nitrogens with two attached hydrogens (primary N) is 1. The quantitative estimate of drug-likeness (QED) is 0.114. The molecular formula is C29H46N8O5. The average Bonchev–Trinajstić information content (AvgIpc) is 2.94. The lowest BCUT2D eigenvalue weighted by Gasteiger charge is -2.34. The molecule has 1 aromatic carbocycles. The van der Waals surface area contributed by atoms with Crippen molar-refractivity contribution in [3.05, 3.63) is 35.9 Å². The van der Waals surface area contributed by atoms with E-state index in [9.17, 15) is 24.0 Å². The first-order chi connectivity index (χ1) is 19.8. The van der Waals surface area contributed by atoms with E-state index in [1.807, 2.05) is 13.8 Å². The zero-order valence-corrected chi connectivity index (χ0v) is 25.1. The molecule has 9 N–H and O–H groups in total. The molecule has 1 heterocycles. The Kier molecular flexibility index (Phi) is 12.8. The van der Waals surface area contributed by atoms with Crippen LogP contribution in [0.2, 0.25) is 0 Å². The Morgan fingerprint density at radius 3 is 2.31 bits per heavy atom. The molecule has 5 amide bonds. The fourth-order valence-corrected chi connectivity index (χ4v) is 4.44. The van der Waals surface area contributed by atoms with E-state index in [4.69, 9.17) is 11.1 Å². The minimum absolute atomic E-state index is 0.00845. The molecule has 1 fully saturated rings. The number of guanidine groups is 1. The molecule has 0 saturated carbocycles. The van der Waals surface area contributed by atoms with Gasteiger partial charge in [0.05, 0.1) is 0 Å². The number of amides is 5. The van der Waals surface area contributed by atoms with E-state index in [1.54, 1.807) is 51.1 Å². The van der Waals surface area contributed by atoms with Crippen molar-refractivity contribution in [1.82, 2.24) is 31.9 Å². The summed E-state index contributed by atoms with van der Waals surface area (Å²) >= 11 is 0. The summed E-state index contributed by atoms with van der Waals surface area (Å²) in [5.74, 6) is -3.50. The minimum Gasteiger partial charge on any atom is -0.370 e. The van der Waals surface area contributed by atoms with Gasteiger partial charge in [0.1, 0.15) is 23.7 Å². The number of rotatable bonds is 9. The number of benzene rings is 1. The monoisotopic (exact) mass is 586 g/mol. The van der Waals surface area contributed by atoms with Crippen LogP contribution in [0.25, 0.3) is 0 Å². The van der Waals surface area contributed by atoms with E-state index in [2.05, 4.69) is 31.9 Å². The van der Waals surface area contributed by atoms with Crippen LogP contribution in [-0.2, 0) is 24.0 Å². The predicted octanol–water partition coefficient (Wildman–Crippen LogP) is 0.174. The number of hydrogen-bond acceptors (Lipinski definition) is 6. The van der Waals surface area contributed by atoms with Crippen molar-refractivity contribution >= 4 is 35.5 Å². The Bertz CT molecular complexity index is 1130. The lowest BCUT2D eigenvalue weighted by molar-refractivity contribution is -0.138. The Morgan fingerprint density at radius 2 is 1.71 bits per heavy atom. The highest BCUT2D eigenvalue weighted by atomic mass is 16.2. The highest BCUT2D eigenvalue weighted by Crippen LogP contribution is 2.18. The van der Waals surface area contributed by atoms with Crippen LogP contribution >= 0.6 is 0 Å². The van der Waals surface area contributed by atoms with Crippen molar-refractivity contribution in [2.24, 2.45) is 17.6 Å². The molecule has 13 heteroatoms. The molecule has 1 aliphatic rings. The van der Waals surface area contributed by atoms with Crippen LogP contribution in [-0.4, -0.2) is 66.2 Å². The SMILES string of the molecule is CC[C@@H](C)[C@@H]1NC(=O)[C@H](CCCNC(=N)N)NC(=O)[C@](C)(NC(=O)C(C)C)CCNC(=O)[C@@H](c2ccccc2)NC1=O. The molecule has 13 nitrogen and oxygen atoms in total. The molecule has 0 bridgehead atoms. The summed E-state index contributed by atoms with van der Waals surface area (Å²) in [4.78, 5) is 67.0. The second-order valence-corrected chi connectivity index (χ2v) is 11.2. The summed E-state index contributed by atoms with van der Waals surface area (Å²) < 4.78 is 0. The average molecular weight is 587 g/mol. The Balaban J connectivity index is 2.51.